The predicted molar refractivity (Wildman–Crippen MR) is 73.1 cm³/mol. The highest BCUT2D eigenvalue weighted by molar-refractivity contribution is 7.88. The van der Waals surface area contributed by atoms with Crippen LogP contribution < -0.4 is 4.72 Å². The fraction of sp³-hybridized carbons (Fsp3) is 0.308. The van der Waals surface area contributed by atoms with Gasteiger partial charge in [0.2, 0.25) is 10.0 Å². The maximum Gasteiger partial charge on any atom is 0.216 e. The number of benzene rings is 1. The molecule has 0 radical (unpaired) electrons. The Morgan fingerprint density at radius 3 is 2.70 bits per heavy atom. The molecule has 0 saturated carbocycles. The minimum atomic E-state index is -3.47. The van der Waals surface area contributed by atoms with E-state index in [1.165, 1.54) is 0 Å². The van der Waals surface area contributed by atoms with Gasteiger partial charge in [-0.25, -0.2) is 13.1 Å². The lowest BCUT2D eigenvalue weighted by atomic mass is 10.1. The van der Waals surface area contributed by atoms with Gasteiger partial charge in [0.25, 0.3) is 0 Å². The fourth-order valence-electron chi connectivity index (χ4n) is 1.77. The summed E-state index contributed by atoms with van der Waals surface area (Å²) in [6.07, 6.45) is 0. The Balaban J connectivity index is 1.99. The Kier molecular flexibility index (Phi) is 4.53. The quantitative estimate of drug-likeness (QED) is 0.832. The smallest absolute Gasteiger partial charge is 0.216 e. The van der Waals surface area contributed by atoms with Gasteiger partial charge in [0.1, 0.15) is 0 Å². The number of hydrogen-bond donors (Lipinski definition) is 2. The van der Waals surface area contributed by atoms with Crippen molar-refractivity contribution < 1.29 is 18.0 Å². The number of hydrogen-bond acceptors (Lipinski definition) is 5. The summed E-state index contributed by atoms with van der Waals surface area (Å²) in [5.41, 5.74) is 2.01. The first-order valence-corrected chi connectivity index (χ1v) is 7.72. The van der Waals surface area contributed by atoms with E-state index >= 15 is 0 Å². The van der Waals surface area contributed by atoms with E-state index in [1.807, 2.05) is 0 Å². The lowest BCUT2D eigenvalue weighted by molar-refractivity contribution is 0.282. The molecule has 108 valence electrons. The molecule has 0 aliphatic carbocycles. The second kappa shape index (κ2) is 6.17. The molecule has 0 saturated heterocycles. The summed E-state index contributed by atoms with van der Waals surface area (Å²) in [5.74, 6) is 0.323. The summed E-state index contributed by atoms with van der Waals surface area (Å²) in [7, 11) is -3.47. The molecule has 20 heavy (non-hydrogen) atoms. The molecular formula is C13H16N2O4S. The normalized spacial score (nSPS) is 11.7. The number of rotatable bonds is 6. The lowest BCUT2D eigenvalue weighted by Gasteiger charge is -2.06. The number of aryl methyl sites for hydroxylation is 1. The van der Waals surface area contributed by atoms with Crippen molar-refractivity contribution >= 4 is 10.0 Å². The van der Waals surface area contributed by atoms with Crippen LogP contribution in [0.3, 0.4) is 0 Å². The average molecular weight is 296 g/mol. The molecule has 1 aromatic carbocycles. The zero-order valence-electron chi connectivity index (χ0n) is 11.0. The largest absolute Gasteiger partial charge is 0.392 e. The van der Waals surface area contributed by atoms with E-state index in [1.54, 1.807) is 37.3 Å². The number of nitrogens with zero attached hydrogens (tertiary/aromatic N) is 1. The Morgan fingerprint density at radius 1 is 1.30 bits per heavy atom. The topological polar surface area (TPSA) is 92.4 Å². The van der Waals surface area contributed by atoms with E-state index in [9.17, 15) is 8.42 Å². The van der Waals surface area contributed by atoms with E-state index < -0.39 is 10.0 Å². The van der Waals surface area contributed by atoms with Gasteiger partial charge in [0, 0.05) is 6.07 Å². The van der Waals surface area contributed by atoms with Crippen molar-refractivity contribution in [2.24, 2.45) is 0 Å². The Hall–Kier alpha value is -1.70. The van der Waals surface area contributed by atoms with Crippen LogP contribution in [0.1, 0.15) is 22.6 Å². The third-order valence-corrected chi connectivity index (χ3v) is 3.97. The standard InChI is InChI=1S/C13H16N2O4S/c1-10-5-13(19-15-10)7-14-20(17,18)9-12-4-2-3-11(6-12)8-16/h2-6,14,16H,7-9H2,1H3. The Morgan fingerprint density at radius 2 is 2.05 bits per heavy atom. The van der Waals surface area contributed by atoms with Crippen molar-refractivity contribution in [3.63, 3.8) is 0 Å². The minimum Gasteiger partial charge on any atom is -0.392 e. The third kappa shape index (κ3) is 4.16. The van der Waals surface area contributed by atoms with Crippen molar-refractivity contribution in [1.29, 1.82) is 0 Å². The molecule has 2 N–H and O–H groups in total. The number of sulfonamides is 1. The molecule has 0 unspecified atom stereocenters. The second-order valence-electron chi connectivity index (χ2n) is 4.49. The first-order chi connectivity index (χ1) is 9.48. The van der Waals surface area contributed by atoms with E-state index in [2.05, 4.69) is 9.88 Å². The molecule has 0 spiro atoms. The molecule has 0 amide bonds. The highest BCUT2D eigenvalue weighted by Crippen LogP contribution is 2.09. The SMILES string of the molecule is Cc1cc(CNS(=O)(=O)Cc2cccc(CO)c2)on1. The van der Waals surface area contributed by atoms with Crippen molar-refractivity contribution in [3.8, 4) is 0 Å². The van der Waals surface area contributed by atoms with E-state index in [-0.39, 0.29) is 18.9 Å². The van der Waals surface area contributed by atoms with Crippen molar-refractivity contribution in [2.75, 3.05) is 0 Å². The molecule has 1 heterocycles. The summed E-state index contributed by atoms with van der Waals surface area (Å²) < 4.78 is 31.3. The zero-order chi connectivity index (χ0) is 14.6. The molecule has 6 nitrogen and oxygen atoms in total. The molecule has 0 atom stereocenters. The van der Waals surface area contributed by atoms with Gasteiger partial charge in [-0.3, -0.25) is 0 Å². The van der Waals surface area contributed by atoms with Crippen molar-refractivity contribution in [3.05, 3.63) is 52.9 Å². The first-order valence-electron chi connectivity index (χ1n) is 6.07. The Labute approximate surface area is 117 Å². The van der Waals surface area contributed by atoms with Crippen molar-refractivity contribution in [1.82, 2.24) is 9.88 Å². The second-order valence-corrected chi connectivity index (χ2v) is 6.30. The third-order valence-electron chi connectivity index (χ3n) is 2.67. The predicted octanol–water partition coefficient (Wildman–Crippen LogP) is 1.09. The van der Waals surface area contributed by atoms with Crippen LogP contribution in [-0.2, 0) is 28.9 Å². The maximum absolute atomic E-state index is 11.9. The number of nitrogens with one attached hydrogen (secondary N) is 1. The molecule has 7 heteroatoms. The van der Waals surface area contributed by atoms with Gasteiger partial charge in [0.15, 0.2) is 5.76 Å². The van der Waals surface area contributed by atoms with Gasteiger partial charge in [0.05, 0.1) is 24.6 Å². The molecular weight excluding hydrogens is 280 g/mol. The monoisotopic (exact) mass is 296 g/mol. The van der Waals surface area contributed by atoms with Gasteiger partial charge < -0.3 is 9.63 Å². The van der Waals surface area contributed by atoms with Gasteiger partial charge in [-0.15, -0.1) is 0 Å². The van der Waals surface area contributed by atoms with Crippen LogP contribution in [0.5, 0.6) is 0 Å². The van der Waals surface area contributed by atoms with Crippen LogP contribution in [0.25, 0.3) is 0 Å². The number of aromatic nitrogens is 1. The minimum absolute atomic E-state index is 0.0723. The first kappa shape index (κ1) is 14.7. The summed E-state index contributed by atoms with van der Waals surface area (Å²) in [4.78, 5) is 0. The van der Waals surface area contributed by atoms with Gasteiger partial charge >= 0.3 is 0 Å². The summed E-state index contributed by atoms with van der Waals surface area (Å²) >= 11 is 0. The molecule has 2 rings (SSSR count). The van der Waals surface area contributed by atoms with Gasteiger partial charge in [-0.1, -0.05) is 29.4 Å². The van der Waals surface area contributed by atoms with Gasteiger partial charge in [-0.2, -0.15) is 0 Å². The summed E-state index contributed by atoms with van der Waals surface area (Å²) in [5, 5.41) is 12.7. The number of aliphatic hydroxyl groups excluding tert-OH is 1. The van der Waals surface area contributed by atoms with E-state index in [0.29, 0.717) is 22.6 Å². The molecule has 2 aromatic rings. The van der Waals surface area contributed by atoms with Crippen LogP contribution in [0.15, 0.2) is 34.9 Å². The lowest BCUT2D eigenvalue weighted by Crippen LogP contribution is -2.24. The van der Waals surface area contributed by atoms with Crippen LogP contribution in [0, 0.1) is 6.92 Å². The van der Waals surface area contributed by atoms with Crippen LogP contribution in [-0.4, -0.2) is 18.7 Å². The molecule has 0 bridgehead atoms. The highest BCUT2D eigenvalue weighted by atomic mass is 32.2. The van der Waals surface area contributed by atoms with E-state index in [0.717, 1.165) is 0 Å². The Bertz CT molecular complexity index is 679. The van der Waals surface area contributed by atoms with Crippen molar-refractivity contribution in [2.45, 2.75) is 25.8 Å². The van der Waals surface area contributed by atoms with Gasteiger partial charge in [-0.05, 0) is 18.1 Å². The van der Waals surface area contributed by atoms with Crippen LogP contribution in [0.2, 0.25) is 0 Å². The molecule has 0 aliphatic heterocycles. The molecule has 0 aliphatic rings. The summed E-state index contributed by atoms with van der Waals surface area (Å²) in [6, 6.07) is 8.50. The highest BCUT2D eigenvalue weighted by Gasteiger charge is 2.13. The van der Waals surface area contributed by atoms with Crippen LogP contribution >= 0.6 is 0 Å². The average Bonchev–Trinajstić information content (AvgIpc) is 2.82. The maximum atomic E-state index is 11.9. The zero-order valence-corrected chi connectivity index (χ0v) is 11.9. The fourth-order valence-corrected chi connectivity index (χ4v) is 2.85. The van der Waals surface area contributed by atoms with Crippen LogP contribution in [0.4, 0.5) is 0 Å². The summed E-state index contributed by atoms with van der Waals surface area (Å²) in [6.45, 7) is 1.73. The molecule has 0 fully saturated rings. The molecule has 1 aromatic heterocycles. The van der Waals surface area contributed by atoms with E-state index in [4.69, 9.17) is 9.63 Å². The number of aliphatic hydroxyl groups is 1.